The first kappa shape index (κ1) is 17.8. The topological polar surface area (TPSA) is 63.2 Å². The number of benzene rings is 1. The molecule has 1 N–H and O–H groups in total. The third-order valence-electron chi connectivity index (χ3n) is 4.05. The molecule has 0 aromatic heterocycles. The fourth-order valence-electron chi connectivity index (χ4n) is 2.49. The molecule has 1 fully saturated rings. The Labute approximate surface area is 133 Å². The van der Waals surface area contributed by atoms with Crippen LogP contribution in [0.3, 0.4) is 0 Å². The van der Waals surface area contributed by atoms with Crippen LogP contribution in [-0.2, 0) is 26.2 Å². The zero-order valence-electron chi connectivity index (χ0n) is 12.8. The molecule has 128 valence electrons. The van der Waals surface area contributed by atoms with Gasteiger partial charge in [0.05, 0.1) is 22.5 Å². The first-order valence-electron chi connectivity index (χ1n) is 7.11. The minimum atomic E-state index is -4.48. The lowest BCUT2D eigenvalue weighted by molar-refractivity contribution is -0.138. The zero-order valence-corrected chi connectivity index (χ0v) is 13.6. The molecular weight excluding hydrogens is 331 g/mol. The second kappa shape index (κ2) is 5.81. The van der Waals surface area contributed by atoms with Crippen LogP contribution in [0.2, 0.25) is 0 Å². The van der Waals surface area contributed by atoms with Crippen LogP contribution in [0.1, 0.15) is 31.4 Å². The van der Waals surface area contributed by atoms with Crippen molar-refractivity contribution in [2.24, 2.45) is 0 Å². The van der Waals surface area contributed by atoms with E-state index in [1.54, 1.807) is 0 Å². The molecule has 23 heavy (non-hydrogen) atoms. The molecule has 1 amide bonds. The van der Waals surface area contributed by atoms with Gasteiger partial charge in [-0.05, 0) is 31.9 Å². The average molecular weight is 349 g/mol. The van der Waals surface area contributed by atoms with Gasteiger partial charge in [-0.3, -0.25) is 4.79 Å². The van der Waals surface area contributed by atoms with Crippen LogP contribution in [0, 0.1) is 0 Å². The molecule has 8 heteroatoms. The first-order valence-corrected chi connectivity index (χ1v) is 8.93. The summed E-state index contributed by atoms with van der Waals surface area (Å²) >= 11 is 0. The Morgan fingerprint density at radius 1 is 1.22 bits per heavy atom. The number of carbonyl (C=O) groups excluding carboxylic acids is 1. The first-order chi connectivity index (χ1) is 10.4. The van der Waals surface area contributed by atoms with E-state index in [-0.39, 0.29) is 17.1 Å². The van der Waals surface area contributed by atoms with Gasteiger partial charge in [0.2, 0.25) is 5.91 Å². The van der Waals surface area contributed by atoms with E-state index >= 15 is 0 Å². The van der Waals surface area contributed by atoms with Crippen molar-refractivity contribution in [3.05, 3.63) is 35.4 Å². The summed E-state index contributed by atoms with van der Waals surface area (Å²) < 4.78 is 61.3. The Morgan fingerprint density at radius 2 is 1.83 bits per heavy atom. The number of nitrogens with one attached hydrogen (secondary N) is 1. The van der Waals surface area contributed by atoms with Gasteiger partial charge in [0.25, 0.3) is 0 Å². The molecule has 1 heterocycles. The summed E-state index contributed by atoms with van der Waals surface area (Å²) in [7, 11) is -3.14. The molecule has 1 saturated heterocycles. The van der Waals surface area contributed by atoms with Crippen molar-refractivity contribution in [1.82, 2.24) is 5.32 Å². The van der Waals surface area contributed by atoms with Crippen molar-refractivity contribution in [2.45, 2.75) is 37.9 Å². The second-order valence-corrected chi connectivity index (χ2v) is 8.51. The number of halogens is 3. The number of sulfone groups is 1. The number of alkyl halides is 3. The summed E-state index contributed by atoms with van der Waals surface area (Å²) in [5.74, 6) is -0.599. The molecule has 1 aliphatic heterocycles. The van der Waals surface area contributed by atoms with E-state index in [4.69, 9.17) is 0 Å². The molecule has 0 spiro atoms. The Morgan fingerprint density at radius 3 is 2.35 bits per heavy atom. The van der Waals surface area contributed by atoms with E-state index in [1.807, 2.05) is 0 Å². The molecular formula is C15H18F3NO3S. The van der Waals surface area contributed by atoms with Crippen LogP contribution in [0.4, 0.5) is 13.2 Å². The van der Waals surface area contributed by atoms with Crippen molar-refractivity contribution in [3.63, 3.8) is 0 Å². The highest BCUT2D eigenvalue weighted by Crippen LogP contribution is 2.33. The van der Waals surface area contributed by atoms with Gasteiger partial charge in [0.15, 0.2) is 9.84 Å². The maximum Gasteiger partial charge on any atom is 0.416 e. The Kier molecular flexibility index (Phi) is 4.49. The Balaban J connectivity index is 2.19. The fourth-order valence-corrected chi connectivity index (χ4v) is 4.16. The van der Waals surface area contributed by atoms with E-state index in [1.165, 1.54) is 26.0 Å². The second-order valence-electron chi connectivity index (χ2n) is 6.28. The molecule has 1 aromatic carbocycles. The minimum absolute atomic E-state index is 0.0158. The predicted molar refractivity (Wildman–Crippen MR) is 79.7 cm³/mol. The van der Waals surface area contributed by atoms with Crippen LogP contribution in [0.25, 0.3) is 0 Å². The van der Waals surface area contributed by atoms with Gasteiger partial charge in [-0.15, -0.1) is 0 Å². The molecule has 1 aliphatic rings. The molecule has 1 aromatic rings. The highest BCUT2D eigenvalue weighted by Gasteiger charge is 2.37. The molecule has 2 rings (SSSR count). The van der Waals surface area contributed by atoms with Gasteiger partial charge < -0.3 is 5.32 Å². The number of hydrogen-bond donors (Lipinski definition) is 1. The number of rotatable bonds is 3. The normalized spacial score (nSPS) is 21.2. The van der Waals surface area contributed by atoms with E-state index in [2.05, 4.69) is 5.32 Å². The summed E-state index contributed by atoms with van der Waals surface area (Å²) in [6, 6.07) is 4.12. The number of hydrogen-bond acceptors (Lipinski definition) is 3. The smallest absolute Gasteiger partial charge is 0.352 e. The minimum Gasteiger partial charge on any atom is -0.352 e. The van der Waals surface area contributed by atoms with Crippen LogP contribution in [-0.4, -0.2) is 31.9 Å². The maximum absolute atomic E-state index is 12.8. The van der Waals surface area contributed by atoms with Gasteiger partial charge in [0.1, 0.15) is 0 Å². The van der Waals surface area contributed by atoms with Crippen LogP contribution < -0.4 is 5.32 Å². The molecule has 0 radical (unpaired) electrons. The molecule has 1 unspecified atom stereocenters. The Bertz CT molecular complexity index is 711. The Hall–Kier alpha value is -1.57. The standard InChI is InChI=1S/C15H18F3NO3S/c1-14(2,10-4-3-5-11(8-10)15(16,17)18)13(20)19-12-6-7-23(21,22)9-12/h3-5,8,12H,6-7,9H2,1-2H3,(H,19,20). The molecule has 1 atom stereocenters. The summed E-state index contributed by atoms with van der Waals surface area (Å²) in [6.45, 7) is 3.03. The van der Waals surface area contributed by atoms with Crippen molar-refractivity contribution in [2.75, 3.05) is 11.5 Å². The lowest BCUT2D eigenvalue weighted by Gasteiger charge is -2.26. The van der Waals surface area contributed by atoms with Crippen molar-refractivity contribution >= 4 is 15.7 Å². The van der Waals surface area contributed by atoms with E-state index in [0.717, 1.165) is 12.1 Å². The van der Waals surface area contributed by atoms with Gasteiger partial charge in [-0.2, -0.15) is 13.2 Å². The van der Waals surface area contributed by atoms with Gasteiger partial charge in [-0.25, -0.2) is 8.42 Å². The van der Waals surface area contributed by atoms with Gasteiger partial charge in [-0.1, -0.05) is 18.2 Å². The SMILES string of the molecule is CC(C)(C(=O)NC1CCS(=O)(=O)C1)c1cccc(C(F)(F)F)c1. The summed E-state index contributed by atoms with van der Waals surface area (Å²) in [5, 5.41) is 2.63. The highest BCUT2D eigenvalue weighted by atomic mass is 32.2. The van der Waals surface area contributed by atoms with Crippen LogP contribution in [0.15, 0.2) is 24.3 Å². The summed E-state index contributed by atoms with van der Waals surface area (Å²) in [5.41, 5.74) is -1.79. The monoisotopic (exact) mass is 349 g/mol. The van der Waals surface area contributed by atoms with E-state index in [9.17, 15) is 26.4 Å². The van der Waals surface area contributed by atoms with Crippen LogP contribution >= 0.6 is 0 Å². The van der Waals surface area contributed by atoms with Crippen molar-refractivity contribution < 1.29 is 26.4 Å². The highest BCUT2D eigenvalue weighted by molar-refractivity contribution is 7.91. The van der Waals surface area contributed by atoms with Gasteiger partial charge >= 0.3 is 6.18 Å². The largest absolute Gasteiger partial charge is 0.416 e. The van der Waals surface area contributed by atoms with Crippen LogP contribution in [0.5, 0.6) is 0 Å². The lowest BCUT2D eigenvalue weighted by Crippen LogP contribution is -2.45. The average Bonchev–Trinajstić information content (AvgIpc) is 2.77. The fraction of sp³-hybridized carbons (Fsp3) is 0.533. The molecule has 0 saturated carbocycles. The lowest BCUT2D eigenvalue weighted by atomic mass is 9.82. The van der Waals surface area contributed by atoms with E-state index in [0.29, 0.717) is 6.42 Å². The number of amides is 1. The van der Waals surface area contributed by atoms with Crippen molar-refractivity contribution in [3.8, 4) is 0 Å². The quantitative estimate of drug-likeness (QED) is 0.911. The molecule has 4 nitrogen and oxygen atoms in total. The maximum atomic E-state index is 12.8. The van der Waals surface area contributed by atoms with Gasteiger partial charge in [0, 0.05) is 6.04 Å². The zero-order chi connectivity index (χ0) is 17.5. The number of carbonyl (C=O) groups is 1. The predicted octanol–water partition coefficient (Wildman–Crippen LogP) is 2.29. The van der Waals surface area contributed by atoms with Crippen molar-refractivity contribution in [1.29, 1.82) is 0 Å². The van der Waals surface area contributed by atoms with E-state index < -0.39 is 38.9 Å². The summed E-state index contributed by atoms with van der Waals surface area (Å²) in [4.78, 5) is 12.4. The summed E-state index contributed by atoms with van der Waals surface area (Å²) in [6.07, 6.45) is -4.16. The third kappa shape index (κ3) is 4.04. The molecule has 0 aliphatic carbocycles. The third-order valence-corrected chi connectivity index (χ3v) is 5.81. The molecule has 0 bridgehead atoms.